The van der Waals surface area contributed by atoms with Crippen molar-refractivity contribution < 1.29 is 4.74 Å². The van der Waals surface area contributed by atoms with Crippen molar-refractivity contribution in [3.8, 4) is 0 Å². The summed E-state index contributed by atoms with van der Waals surface area (Å²) in [6.07, 6.45) is 2.33. The Kier molecular flexibility index (Phi) is 6.43. The zero-order valence-electron chi connectivity index (χ0n) is 5.82. The number of hydrogen-bond donors (Lipinski definition) is 0. The first kappa shape index (κ1) is 9.18. The number of hydrogen-bond acceptors (Lipinski definition) is 1. The highest BCUT2D eigenvalue weighted by atomic mass is 79.9. The number of rotatable bonds is 5. The molecule has 9 heavy (non-hydrogen) atoms. The molecule has 0 aliphatic carbocycles. The molecule has 0 spiro atoms. The maximum Gasteiger partial charge on any atom is 0.0775 e. The molecule has 0 aromatic heterocycles. The molecule has 2 heteroatoms. The summed E-state index contributed by atoms with van der Waals surface area (Å²) in [7, 11) is 0. The number of unbranched alkanes of at least 4 members (excludes halogenated alkanes) is 1. The zero-order valence-corrected chi connectivity index (χ0v) is 7.41. The van der Waals surface area contributed by atoms with Gasteiger partial charge in [0, 0.05) is 11.1 Å². The van der Waals surface area contributed by atoms with E-state index >= 15 is 0 Å². The first-order valence-electron chi connectivity index (χ1n) is 3.18. The summed E-state index contributed by atoms with van der Waals surface area (Å²) in [5.41, 5.74) is 0. The summed E-state index contributed by atoms with van der Waals surface area (Å²) in [4.78, 5) is 0. The van der Waals surface area contributed by atoms with E-state index in [9.17, 15) is 0 Å². The quantitative estimate of drug-likeness (QED) is 0.610. The Hall–Kier alpha value is 0.180. The minimum atomic E-state index is 0.639. The van der Waals surface area contributed by atoms with Gasteiger partial charge in [0.1, 0.15) is 0 Å². The largest absolute Gasteiger partial charge is 0.376 e. The van der Waals surface area contributed by atoms with Crippen molar-refractivity contribution in [1.82, 2.24) is 0 Å². The van der Waals surface area contributed by atoms with Gasteiger partial charge in [-0.15, -0.1) is 0 Å². The summed E-state index contributed by atoms with van der Waals surface area (Å²) in [5, 5.41) is 0. The van der Waals surface area contributed by atoms with E-state index in [4.69, 9.17) is 4.74 Å². The van der Waals surface area contributed by atoms with Crippen LogP contribution in [0, 0.1) is 0 Å². The van der Waals surface area contributed by atoms with Gasteiger partial charge in [-0.05, 0) is 6.42 Å². The number of halogens is 1. The molecule has 0 aliphatic heterocycles. The predicted octanol–water partition coefficient (Wildman–Crippen LogP) is 2.71. The number of ether oxygens (including phenoxy) is 1. The van der Waals surface area contributed by atoms with Crippen LogP contribution < -0.4 is 0 Å². The monoisotopic (exact) mass is 192 g/mol. The van der Waals surface area contributed by atoms with Crippen LogP contribution >= 0.6 is 15.9 Å². The van der Waals surface area contributed by atoms with Gasteiger partial charge >= 0.3 is 0 Å². The maximum atomic E-state index is 5.19. The van der Waals surface area contributed by atoms with E-state index in [0.29, 0.717) is 6.61 Å². The molecule has 54 valence electrons. The second-order valence-corrected chi connectivity index (χ2v) is 3.04. The first-order valence-corrected chi connectivity index (χ1v) is 3.97. The molecule has 0 bridgehead atoms. The van der Waals surface area contributed by atoms with Crippen LogP contribution in [-0.2, 0) is 4.74 Å². The lowest BCUT2D eigenvalue weighted by Gasteiger charge is -1.99. The first-order chi connectivity index (χ1) is 4.27. The van der Waals surface area contributed by atoms with Gasteiger partial charge < -0.3 is 4.74 Å². The lowest BCUT2D eigenvalue weighted by molar-refractivity contribution is 0.157. The van der Waals surface area contributed by atoms with Gasteiger partial charge in [0.25, 0.3) is 0 Å². The van der Waals surface area contributed by atoms with Crippen LogP contribution in [-0.4, -0.2) is 13.2 Å². The van der Waals surface area contributed by atoms with Crippen LogP contribution in [0.15, 0.2) is 11.1 Å². The third-order valence-corrected chi connectivity index (χ3v) is 1.13. The molecular weight excluding hydrogens is 180 g/mol. The van der Waals surface area contributed by atoms with Gasteiger partial charge in [0.15, 0.2) is 0 Å². The summed E-state index contributed by atoms with van der Waals surface area (Å²) < 4.78 is 6.10. The predicted molar refractivity (Wildman–Crippen MR) is 43.8 cm³/mol. The van der Waals surface area contributed by atoms with Crippen LogP contribution in [0.2, 0.25) is 0 Å². The third-order valence-electron chi connectivity index (χ3n) is 0.901. The van der Waals surface area contributed by atoms with Crippen LogP contribution in [0.25, 0.3) is 0 Å². The Balaban J connectivity index is 2.83. The molecule has 0 amide bonds. The summed E-state index contributed by atoms with van der Waals surface area (Å²) in [6.45, 7) is 7.28. The Morgan fingerprint density at radius 1 is 1.67 bits per heavy atom. The van der Waals surface area contributed by atoms with Gasteiger partial charge in [-0.25, -0.2) is 0 Å². The van der Waals surface area contributed by atoms with Crippen molar-refractivity contribution in [3.05, 3.63) is 11.1 Å². The highest BCUT2D eigenvalue weighted by Crippen LogP contribution is 2.00. The van der Waals surface area contributed by atoms with Crippen molar-refractivity contribution in [3.63, 3.8) is 0 Å². The van der Waals surface area contributed by atoms with Crippen molar-refractivity contribution >= 4 is 15.9 Å². The Labute approximate surface area is 65.2 Å². The van der Waals surface area contributed by atoms with Gasteiger partial charge in [0.2, 0.25) is 0 Å². The van der Waals surface area contributed by atoms with E-state index in [0.717, 1.165) is 17.5 Å². The summed E-state index contributed by atoms with van der Waals surface area (Å²) in [6, 6.07) is 0. The molecule has 0 fully saturated rings. The molecule has 0 aromatic rings. The van der Waals surface area contributed by atoms with Gasteiger partial charge in [-0.2, -0.15) is 0 Å². The lowest BCUT2D eigenvalue weighted by atomic mass is 10.4. The standard InChI is InChI=1S/C7H13BrO/c1-3-4-5-9-6-7(2)8/h2-6H2,1H3. The molecule has 0 N–H and O–H groups in total. The Morgan fingerprint density at radius 2 is 2.33 bits per heavy atom. The van der Waals surface area contributed by atoms with Gasteiger partial charge in [-0.1, -0.05) is 35.9 Å². The van der Waals surface area contributed by atoms with E-state index in [1.807, 2.05) is 0 Å². The fourth-order valence-electron chi connectivity index (χ4n) is 0.429. The second kappa shape index (κ2) is 6.30. The van der Waals surface area contributed by atoms with E-state index in [1.165, 1.54) is 6.42 Å². The molecule has 0 unspecified atom stereocenters. The van der Waals surface area contributed by atoms with Crippen LogP contribution in [0.4, 0.5) is 0 Å². The Bertz CT molecular complexity index is 81.0. The van der Waals surface area contributed by atoms with Gasteiger partial charge in [0.05, 0.1) is 6.61 Å². The summed E-state index contributed by atoms with van der Waals surface area (Å²) >= 11 is 3.21. The highest BCUT2D eigenvalue weighted by Gasteiger charge is 1.86. The molecule has 0 saturated heterocycles. The molecule has 0 heterocycles. The average Bonchev–Trinajstić information content (AvgIpc) is 1.80. The minimum absolute atomic E-state index is 0.639. The smallest absolute Gasteiger partial charge is 0.0775 e. The minimum Gasteiger partial charge on any atom is -0.376 e. The normalized spacial score (nSPS) is 9.56. The van der Waals surface area contributed by atoms with Gasteiger partial charge in [-0.3, -0.25) is 0 Å². The van der Waals surface area contributed by atoms with Crippen molar-refractivity contribution in [2.45, 2.75) is 19.8 Å². The van der Waals surface area contributed by atoms with Crippen LogP contribution in [0.3, 0.4) is 0 Å². The molecule has 0 atom stereocenters. The fourth-order valence-corrected chi connectivity index (χ4v) is 0.591. The van der Waals surface area contributed by atoms with E-state index in [2.05, 4.69) is 29.4 Å². The van der Waals surface area contributed by atoms with E-state index in [1.54, 1.807) is 0 Å². The molecule has 1 nitrogen and oxygen atoms in total. The van der Waals surface area contributed by atoms with Crippen molar-refractivity contribution in [2.75, 3.05) is 13.2 Å². The third kappa shape index (κ3) is 8.18. The second-order valence-electron chi connectivity index (χ2n) is 1.92. The van der Waals surface area contributed by atoms with E-state index in [-0.39, 0.29) is 0 Å². The molecule has 0 radical (unpaired) electrons. The zero-order chi connectivity index (χ0) is 7.11. The maximum absolute atomic E-state index is 5.19. The average molecular weight is 193 g/mol. The topological polar surface area (TPSA) is 9.23 Å². The summed E-state index contributed by atoms with van der Waals surface area (Å²) in [5.74, 6) is 0. The molecule has 0 rings (SSSR count). The van der Waals surface area contributed by atoms with Crippen LogP contribution in [0.5, 0.6) is 0 Å². The van der Waals surface area contributed by atoms with Crippen molar-refractivity contribution in [2.24, 2.45) is 0 Å². The molecule has 0 aromatic carbocycles. The lowest BCUT2D eigenvalue weighted by Crippen LogP contribution is -1.94. The Morgan fingerprint density at radius 3 is 2.78 bits per heavy atom. The SMILES string of the molecule is C=C(Br)COCCCC. The molecular formula is C7H13BrO. The van der Waals surface area contributed by atoms with Crippen LogP contribution in [0.1, 0.15) is 19.8 Å². The highest BCUT2D eigenvalue weighted by molar-refractivity contribution is 9.11. The van der Waals surface area contributed by atoms with E-state index < -0.39 is 0 Å². The molecule has 0 saturated carbocycles. The fraction of sp³-hybridized carbons (Fsp3) is 0.714. The van der Waals surface area contributed by atoms with Crippen molar-refractivity contribution in [1.29, 1.82) is 0 Å². The molecule has 0 aliphatic rings.